The van der Waals surface area contributed by atoms with E-state index in [4.69, 9.17) is 30.0 Å². The van der Waals surface area contributed by atoms with E-state index in [1.807, 2.05) is 11.8 Å². The zero-order chi connectivity index (χ0) is 44.4. The molecule has 0 aromatic carbocycles. The van der Waals surface area contributed by atoms with E-state index in [0.717, 1.165) is 102 Å². The first-order valence-electron chi connectivity index (χ1n) is 23.8. The van der Waals surface area contributed by atoms with Gasteiger partial charge in [0.15, 0.2) is 6.10 Å². The Hall–Kier alpha value is -2.00. The van der Waals surface area contributed by atoms with E-state index < -0.39 is 45.0 Å². The molecule has 354 valence electrons. The lowest BCUT2D eigenvalue weighted by atomic mass is 9.92. The van der Waals surface area contributed by atoms with E-state index in [0.29, 0.717) is 32.2 Å². The topological polar surface area (TPSA) is 219 Å². The highest BCUT2D eigenvalue weighted by Crippen LogP contribution is 2.43. The molecule has 2 aliphatic rings. The Balaban J connectivity index is 1.87. The second-order valence-corrected chi connectivity index (χ2v) is 19.5. The van der Waals surface area contributed by atoms with Gasteiger partial charge in [0.2, 0.25) is 0 Å². The van der Waals surface area contributed by atoms with E-state index >= 15 is 0 Å². The van der Waals surface area contributed by atoms with Crippen molar-refractivity contribution in [2.45, 2.75) is 204 Å². The molecule has 0 saturated carbocycles. The first-order valence-corrected chi connectivity index (χ1v) is 26.4. The Morgan fingerprint density at radius 2 is 1.38 bits per heavy atom. The Morgan fingerprint density at radius 1 is 0.770 bits per heavy atom. The van der Waals surface area contributed by atoms with Crippen molar-refractivity contribution in [2.24, 2.45) is 17.4 Å². The number of hydrogen-bond donors (Lipinski definition) is 5. The molecule has 7 N–H and O–H groups in total. The quantitative estimate of drug-likeness (QED) is 0.00968. The fraction of sp³-hybridized carbons (Fsp3) is 0.867. The standard InChI is InChI=1S/C45H83N4O10PS/c1-2-3-4-5-6-7-8-9-10-11-12-13-17-20-23-30-42(51)56-34-37(35-58-60(54,55)57-33-32-47)59-44(52)38(27-22-19-16-14-15-18-21-26-31-46)40(50)28-24-25-29-41-43-39(36-61-41)48-45(53)49-43/h9-10,37-39,41,43H,2-8,11-36,46-47H2,1H3,(H,54,55)(H2,48,49,53)/b10-9-/t37-,38?,39-,41+,43+/m1/s1. The summed E-state index contributed by atoms with van der Waals surface area (Å²) in [4.78, 5) is 62.1. The van der Waals surface area contributed by atoms with Crippen LogP contribution in [0, 0.1) is 5.92 Å². The first-order chi connectivity index (χ1) is 29.6. The molecule has 2 heterocycles. The second-order valence-electron chi connectivity index (χ2n) is 16.8. The number of phosphoric ester groups is 1. The van der Waals surface area contributed by atoms with Crippen molar-refractivity contribution in [3.05, 3.63) is 12.2 Å². The van der Waals surface area contributed by atoms with Crippen LogP contribution in [-0.4, -0.2) is 90.7 Å². The summed E-state index contributed by atoms with van der Waals surface area (Å²) in [6.07, 6.45) is 29.1. The Morgan fingerprint density at radius 3 is 2.03 bits per heavy atom. The van der Waals surface area contributed by atoms with Gasteiger partial charge in [-0.2, -0.15) is 11.8 Å². The van der Waals surface area contributed by atoms with Crippen LogP contribution >= 0.6 is 19.6 Å². The maximum Gasteiger partial charge on any atom is 0.472 e. The van der Waals surface area contributed by atoms with Gasteiger partial charge in [0, 0.05) is 30.4 Å². The fourth-order valence-electron chi connectivity index (χ4n) is 7.77. The van der Waals surface area contributed by atoms with Gasteiger partial charge in [-0.3, -0.25) is 23.4 Å². The molecular weight excluding hydrogens is 820 g/mol. The van der Waals surface area contributed by atoms with Gasteiger partial charge in [0.05, 0.1) is 25.3 Å². The molecule has 2 fully saturated rings. The number of unbranched alkanes of at least 4 members (excludes halogenated alkanes) is 19. The van der Waals surface area contributed by atoms with E-state index in [2.05, 4.69) is 29.7 Å². The number of urea groups is 1. The third-order valence-electron chi connectivity index (χ3n) is 11.4. The number of amides is 2. The number of allylic oxidation sites excluding steroid dienone is 2. The van der Waals surface area contributed by atoms with Crippen molar-refractivity contribution in [1.29, 1.82) is 0 Å². The lowest BCUT2D eigenvalue weighted by Gasteiger charge is -2.22. The minimum atomic E-state index is -4.54. The Labute approximate surface area is 371 Å². The highest BCUT2D eigenvalue weighted by molar-refractivity contribution is 8.00. The molecule has 0 aromatic rings. The van der Waals surface area contributed by atoms with Crippen molar-refractivity contribution >= 4 is 43.3 Å². The normalized spacial score (nSPS) is 19.3. The van der Waals surface area contributed by atoms with Crippen LogP contribution in [-0.2, 0) is 37.5 Å². The minimum Gasteiger partial charge on any atom is -0.462 e. The number of nitrogens with one attached hydrogen (secondary N) is 2. The van der Waals surface area contributed by atoms with Crippen LogP contribution < -0.4 is 22.1 Å². The van der Waals surface area contributed by atoms with Crippen LogP contribution in [0.4, 0.5) is 4.79 Å². The van der Waals surface area contributed by atoms with Crippen LogP contribution in [0.2, 0.25) is 0 Å². The molecule has 2 saturated heterocycles. The number of nitrogens with two attached hydrogens (primary N) is 2. The smallest absolute Gasteiger partial charge is 0.462 e. The summed E-state index contributed by atoms with van der Waals surface area (Å²) in [5.74, 6) is -1.63. The van der Waals surface area contributed by atoms with Crippen LogP contribution in [0.3, 0.4) is 0 Å². The fourth-order valence-corrected chi connectivity index (χ4v) is 10.1. The molecule has 0 aromatic heterocycles. The molecule has 61 heavy (non-hydrogen) atoms. The van der Waals surface area contributed by atoms with Crippen molar-refractivity contribution in [3.63, 3.8) is 0 Å². The van der Waals surface area contributed by atoms with Gasteiger partial charge in [0.1, 0.15) is 18.3 Å². The first kappa shape index (κ1) is 55.1. The second kappa shape index (κ2) is 35.4. The van der Waals surface area contributed by atoms with Crippen LogP contribution in [0.5, 0.6) is 0 Å². The predicted octanol–water partition coefficient (Wildman–Crippen LogP) is 8.95. The molecule has 2 amide bonds. The van der Waals surface area contributed by atoms with E-state index in [1.165, 1.54) is 38.5 Å². The summed E-state index contributed by atoms with van der Waals surface area (Å²) in [6, 6.07) is 0.0799. The van der Waals surface area contributed by atoms with Gasteiger partial charge in [-0.05, 0) is 64.3 Å². The van der Waals surface area contributed by atoms with E-state index in [-0.39, 0.29) is 55.1 Å². The van der Waals surface area contributed by atoms with E-state index in [1.54, 1.807) is 0 Å². The van der Waals surface area contributed by atoms with Gasteiger partial charge in [-0.1, -0.05) is 122 Å². The summed E-state index contributed by atoms with van der Waals surface area (Å²) in [7, 11) is -4.54. The number of carbonyl (C=O) groups excluding carboxylic acids is 4. The van der Waals surface area contributed by atoms with Gasteiger partial charge < -0.3 is 36.5 Å². The zero-order valence-electron chi connectivity index (χ0n) is 37.5. The number of fused-ring (bicyclic) bond motifs is 1. The Bertz CT molecular complexity index is 1280. The van der Waals surface area contributed by atoms with Gasteiger partial charge in [-0.15, -0.1) is 0 Å². The van der Waals surface area contributed by atoms with Crippen molar-refractivity contribution in [3.8, 4) is 0 Å². The summed E-state index contributed by atoms with van der Waals surface area (Å²) < 4.78 is 33.6. The predicted molar refractivity (Wildman–Crippen MR) is 244 cm³/mol. The number of rotatable bonds is 41. The Kier molecular flexibility index (Phi) is 32.0. The molecule has 0 aliphatic carbocycles. The van der Waals surface area contributed by atoms with E-state index in [9.17, 15) is 28.6 Å². The molecule has 2 rings (SSSR count). The molecular formula is C45H83N4O10PS. The minimum absolute atomic E-state index is 0.00721. The van der Waals surface area contributed by atoms with Gasteiger partial charge >= 0.3 is 25.8 Å². The number of ketones is 1. The number of hydrogen-bond acceptors (Lipinski definition) is 12. The number of phosphoric acid groups is 1. The monoisotopic (exact) mass is 903 g/mol. The maximum absolute atomic E-state index is 13.7. The average molecular weight is 903 g/mol. The van der Waals surface area contributed by atoms with Gasteiger partial charge in [-0.25, -0.2) is 9.36 Å². The number of carbonyl (C=O) groups is 4. The summed E-state index contributed by atoms with van der Waals surface area (Å²) in [5, 5.41) is 6.22. The average Bonchev–Trinajstić information content (AvgIpc) is 3.80. The molecule has 2 aliphatic heterocycles. The van der Waals surface area contributed by atoms with Crippen LogP contribution in [0.15, 0.2) is 12.2 Å². The SMILES string of the molecule is CCCCCCCC/C=C\CCCCCCCC(=O)OC[C@H](COP(=O)(O)OCCN)OC(=O)C(CCCCCCCCCCN)C(=O)CCCC[C@@H]1SC[C@H]2NC(=O)N[C@H]12. The molecule has 6 atom stereocenters. The third kappa shape index (κ3) is 27.1. The number of esters is 2. The lowest BCUT2D eigenvalue weighted by molar-refractivity contribution is -0.166. The summed E-state index contributed by atoms with van der Waals surface area (Å²) in [5.41, 5.74) is 11.0. The summed E-state index contributed by atoms with van der Waals surface area (Å²) >= 11 is 1.82. The molecule has 0 spiro atoms. The highest BCUT2D eigenvalue weighted by Gasteiger charge is 2.42. The number of thioether (sulfide) groups is 1. The van der Waals surface area contributed by atoms with Crippen LogP contribution in [0.25, 0.3) is 0 Å². The number of ether oxygens (including phenoxy) is 2. The molecule has 2 unspecified atom stereocenters. The molecule has 14 nitrogen and oxygen atoms in total. The van der Waals surface area contributed by atoms with Gasteiger partial charge in [0.25, 0.3) is 0 Å². The highest BCUT2D eigenvalue weighted by atomic mass is 32.2. The largest absolute Gasteiger partial charge is 0.472 e. The lowest BCUT2D eigenvalue weighted by Crippen LogP contribution is -2.36. The van der Waals surface area contributed by atoms with Crippen molar-refractivity contribution < 1.29 is 47.2 Å². The summed E-state index contributed by atoms with van der Waals surface area (Å²) in [6.45, 7) is 1.73. The molecule has 0 bridgehead atoms. The molecule has 16 heteroatoms. The van der Waals surface area contributed by atoms with Crippen molar-refractivity contribution in [1.82, 2.24) is 10.6 Å². The zero-order valence-corrected chi connectivity index (χ0v) is 39.2. The van der Waals surface area contributed by atoms with Crippen LogP contribution in [0.1, 0.15) is 180 Å². The molecule has 0 radical (unpaired) electrons. The van der Waals surface area contributed by atoms with Crippen molar-refractivity contribution in [2.75, 3.05) is 38.7 Å². The third-order valence-corrected chi connectivity index (χ3v) is 13.9. The maximum atomic E-state index is 13.7. The number of Topliss-reactive ketones (excluding diaryl/α,β-unsaturated/α-hetero) is 1.